The van der Waals surface area contributed by atoms with E-state index in [1.54, 1.807) is 77.3 Å². The fraction of sp³-hybridized carbons (Fsp3) is 0.323. The number of likely N-dealkylation sites (N-methyl/N-ethyl adjacent to an activating group) is 1. The molecular formula is C31H30Cl2FN3O4. The number of nitrogens with zero attached hydrogens (tertiary/aromatic N) is 1. The summed E-state index contributed by atoms with van der Waals surface area (Å²) in [5.74, 6) is -2.00. The Morgan fingerprint density at radius 3 is 2.41 bits per heavy atom. The van der Waals surface area contributed by atoms with Gasteiger partial charge < -0.3 is 20.3 Å². The number of anilines is 1. The molecule has 0 radical (unpaired) electrons. The Hall–Kier alpha value is -3.62. The Bertz CT molecular complexity index is 1590. The van der Waals surface area contributed by atoms with Crippen molar-refractivity contribution < 1.29 is 23.5 Å². The first-order valence-corrected chi connectivity index (χ1v) is 13.9. The number of hydrogen-bond donors (Lipinski definition) is 2. The average Bonchev–Trinajstić information content (AvgIpc) is 3.18. The van der Waals surface area contributed by atoms with Crippen molar-refractivity contribution in [1.82, 2.24) is 10.2 Å². The Kier molecular flexibility index (Phi) is 7.28. The van der Waals surface area contributed by atoms with Crippen LogP contribution < -0.4 is 15.4 Å². The minimum Gasteiger partial charge on any atom is -0.478 e. The van der Waals surface area contributed by atoms with Crippen molar-refractivity contribution in [3.05, 3.63) is 92.7 Å². The van der Waals surface area contributed by atoms with Gasteiger partial charge in [0, 0.05) is 47.7 Å². The normalized spacial score (nSPS) is 21.8. The molecule has 3 aromatic carbocycles. The highest BCUT2D eigenvalue weighted by Crippen LogP contribution is 2.59. The summed E-state index contributed by atoms with van der Waals surface area (Å²) in [6, 6.07) is 13.4. The molecule has 0 saturated carbocycles. The third-order valence-electron chi connectivity index (χ3n) is 7.94. The maximum absolute atomic E-state index is 14.7. The molecule has 3 amide bonds. The van der Waals surface area contributed by atoms with Crippen LogP contribution in [-0.4, -0.2) is 42.3 Å². The molecule has 3 aromatic rings. The van der Waals surface area contributed by atoms with E-state index in [1.807, 2.05) is 0 Å². The van der Waals surface area contributed by atoms with Gasteiger partial charge in [0.05, 0.1) is 6.04 Å². The molecule has 1 fully saturated rings. The first-order valence-electron chi connectivity index (χ1n) is 13.1. The number of benzene rings is 3. The monoisotopic (exact) mass is 597 g/mol. The van der Waals surface area contributed by atoms with Crippen LogP contribution >= 0.6 is 23.2 Å². The molecule has 3 atom stereocenters. The molecule has 0 bridgehead atoms. The topological polar surface area (TPSA) is 87.7 Å². The lowest BCUT2D eigenvalue weighted by Crippen LogP contribution is -2.57. The third kappa shape index (κ3) is 4.83. The van der Waals surface area contributed by atoms with Gasteiger partial charge in [-0.05, 0) is 79.9 Å². The molecule has 1 spiro atoms. The van der Waals surface area contributed by atoms with E-state index in [9.17, 15) is 18.8 Å². The maximum Gasteiger partial charge on any atom is 0.265 e. The zero-order chi connectivity index (χ0) is 29.9. The van der Waals surface area contributed by atoms with Crippen molar-refractivity contribution in [2.45, 2.75) is 50.2 Å². The molecule has 5 rings (SSSR count). The second-order valence-electron chi connectivity index (χ2n) is 11.3. The van der Waals surface area contributed by atoms with Crippen molar-refractivity contribution in [3.63, 3.8) is 0 Å². The first-order chi connectivity index (χ1) is 19.2. The minimum atomic E-state index is -1.44. The van der Waals surface area contributed by atoms with Crippen LogP contribution in [0.25, 0.3) is 0 Å². The number of fused-ring (bicyclic) bond motifs is 2. The van der Waals surface area contributed by atoms with Crippen molar-refractivity contribution in [2.75, 3.05) is 19.4 Å². The number of ether oxygens (including phenoxy) is 1. The van der Waals surface area contributed by atoms with Crippen LogP contribution in [0.4, 0.5) is 10.1 Å². The predicted octanol–water partition coefficient (Wildman–Crippen LogP) is 5.92. The number of rotatable bonds is 5. The van der Waals surface area contributed by atoms with E-state index in [4.69, 9.17) is 27.9 Å². The third-order valence-corrected chi connectivity index (χ3v) is 8.41. The summed E-state index contributed by atoms with van der Waals surface area (Å²) in [6.45, 7) is 5.10. The molecule has 2 N–H and O–H groups in total. The second-order valence-corrected chi connectivity index (χ2v) is 12.1. The van der Waals surface area contributed by atoms with Gasteiger partial charge in [0.2, 0.25) is 11.8 Å². The van der Waals surface area contributed by atoms with Crippen LogP contribution in [0.3, 0.4) is 0 Å². The number of halogens is 3. The molecule has 2 heterocycles. The molecule has 7 nitrogen and oxygen atoms in total. The van der Waals surface area contributed by atoms with E-state index in [-0.39, 0.29) is 24.1 Å². The Labute approximate surface area is 248 Å². The number of aryl methyl sites for hydroxylation is 1. The lowest BCUT2D eigenvalue weighted by atomic mass is 9.59. The van der Waals surface area contributed by atoms with E-state index >= 15 is 0 Å². The summed E-state index contributed by atoms with van der Waals surface area (Å²) in [5.41, 5.74) is 0.0171. The van der Waals surface area contributed by atoms with Gasteiger partial charge in [-0.15, -0.1) is 0 Å². The molecule has 2 aliphatic heterocycles. The first kappa shape index (κ1) is 28.9. The van der Waals surface area contributed by atoms with Gasteiger partial charge >= 0.3 is 0 Å². The van der Waals surface area contributed by atoms with E-state index in [0.29, 0.717) is 43.7 Å². The Morgan fingerprint density at radius 2 is 1.71 bits per heavy atom. The lowest BCUT2D eigenvalue weighted by Gasteiger charge is -2.47. The highest BCUT2D eigenvalue weighted by atomic mass is 35.5. The number of piperidine rings is 1. The summed E-state index contributed by atoms with van der Waals surface area (Å²) in [5, 5.41) is 6.74. The van der Waals surface area contributed by atoms with Crippen LogP contribution in [0.2, 0.25) is 10.0 Å². The zero-order valence-electron chi connectivity index (χ0n) is 23.3. The second kappa shape index (κ2) is 10.3. The number of hydrogen-bond acceptors (Lipinski definition) is 4. The summed E-state index contributed by atoms with van der Waals surface area (Å²) >= 11 is 12.8. The van der Waals surface area contributed by atoms with Crippen molar-refractivity contribution in [1.29, 1.82) is 0 Å². The van der Waals surface area contributed by atoms with Gasteiger partial charge in [0.15, 0.2) is 5.60 Å². The number of carbonyl (C=O) groups is 3. The van der Waals surface area contributed by atoms with Crippen molar-refractivity contribution in [3.8, 4) is 5.75 Å². The maximum atomic E-state index is 14.7. The average molecular weight is 599 g/mol. The summed E-state index contributed by atoms with van der Waals surface area (Å²) in [4.78, 5) is 42.2. The van der Waals surface area contributed by atoms with Crippen LogP contribution in [0.5, 0.6) is 5.75 Å². The molecule has 0 unspecified atom stereocenters. The largest absolute Gasteiger partial charge is 0.478 e. The molecule has 10 heteroatoms. The molecule has 0 aromatic heterocycles. The fourth-order valence-electron chi connectivity index (χ4n) is 6.18. The number of nitrogens with one attached hydrogen (secondary N) is 2. The summed E-state index contributed by atoms with van der Waals surface area (Å²) < 4.78 is 21.0. The predicted molar refractivity (Wildman–Crippen MR) is 156 cm³/mol. The van der Waals surface area contributed by atoms with Gasteiger partial charge in [-0.2, -0.15) is 0 Å². The molecular weight excluding hydrogens is 568 g/mol. The van der Waals surface area contributed by atoms with Gasteiger partial charge in [-0.1, -0.05) is 35.3 Å². The van der Waals surface area contributed by atoms with Crippen molar-refractivity contribution >= 4 is 46.6 Å². The Morgan fingerprint density at radius 1 is 1.02 bits per heavy atom. The highest BCUT2D eigenvalue weighted by Gasteiger charge is 2.62. The standard InChI is InChI=1S/C31H30Cl2FN3O4/c1-16-6-9-19(34)14-20(16)27-31(22-10-7-18(33)13-24(22)35-28(31)39)23(15-26(38)36-27)21-12-17(32)8-11-25(21)41-30(2,3)29(40)37(4)5/h6-14,23,27H,15H2,1-5H3,(H,35,39)(H,36,38)/t23-,27+,31-/m0/s1. The SMILES string of the molecule is Cc1ccc(F)cc1[C@H]1NC(=O)C[C@@H](c2cc(Cl)ccc2OC(C)(C)C(=O)N(C)C)[C@]12C(=O)Nc1cc(Cl)ccc12. The van der Waals surface area contributed by atoms with E-state index in [2.05, 4.69) is 10.6 Å². The van der Waals surface area contributed by atoms with Crippen LogP contribution in [0, 0.1) is 12.7 Å². The van der Waals surface area contributed by atoms with Gasteiger partial charge in [-0.3, -0.25) is 14.4 Å². The van der Waals surface area contributed by atoms with Gasteiger partial charge in [-0.25, -0.2) is 4.39 Å². The van der Waals surface area contributed by atoms with Crippen molar-refractivity contribution in [2.24, 2.45) is 0 Å². The van der Waals surface area contributed by atoms with Gasteiger partial charge in [0.1, 0.15) is 17.0 Å². The summed E-state index contributed by atoms with van der Waals surface area (Å²) in [6.07, 6.45) is -0.0981. The molecule has 2 aliphatic rings. The zero-order valence-corrected chi connectivity index (χ0v) is 24.8. The quantitative estimate of drug-likeness (QED) is 0.382. The smallest absolute Gasteiger partial charge is 0.265 e. The van der Waals surface area contributed by atoms with Crippen LogP contribution in [0.1, 0.15) is 54.5 Å². The van der Waals surface area contributed by atoms with Crippen LogP contribution in [0.15, 0.2) is 54.6 Å². The van der Waals surface area contributed by atoms with E-state index < -0.39 is 28.8 Å². The number of amides is 3. The Balaban J connectivity index is 1.80. The van der Waals surface area contributed by atoms with E-state index in [0.717, 1.165) is 0 Å². The minimum absolute atomic E-state index is 0.0981. The highest BCUT2D eigenvalue weighted by molar-refractivity contribution is 6.31. The molecule has 41 heavy (non-hydrogen) atoms. The molecule has 214 valence electrons. The summed E-state index contributed by atoms with van der Waals surface area (Å²) in [7, 11) is 3.26. The van der Waals surface area contributed by atoms with Crippen LogP contribution in [-0.2, 0) is 19.8 Å². The fourth-order valence-corrected chi connectivity index (χ4v) is 6.54. The molecule has 0 aliphatic carbocycles. The lowest BCUT2D eigenvalue weighted by molar-refractivity contribution is -0.143. The molecule has 1 saturated heterocycles. The van der Waals surface area contributed by atoms with Gasteiger partial charge in [0.25, 0.3) is 5.91 Å². The number of carbonyl (C=O) groups excluding carboxylic acids is 3. The van der Waals surface area contributed by atoms with E-state index in [1.165, 1.54) is 17.0 Å².